The van der Waals surface area contributed by atoms with E-state index in [-0.39, 0.29) is 0 Å². The Morgan fingerprint density at radius 2 is 2.13 bits per heavy atom. The third kappa shape index (κ3) is 2.28. The number of anilines is 1. The van der Waals surface area contributed by atoms with E-state index in [4.69, 9.17) is 0 Å². The van der Waals surface area contributed by atoms with Crippen molar-refractivity contribution < 1.29 is 0 Å². The predicted octanol–water partition coefficient (Wildman–Crippen LogP) is 0.399. The maximum Gasteiger partial charge on any atom is 0.224 e. The van der Waals surface area contributed by atoms with E-state index in [9.17, 15) is 0 Å². The van der Waals surface area contributed by atoms with Crippen LogP contribution in [0.4, 0.5) is 5.95 Å². The molecule has 1 aromatic rings. The maximum absolute atomic E-state index is 4.21. The van der Waals surface area contributed by atoms with Crippen molar-refractivity contribution in [2.75, 3.05) is 25.5 Å². The fourth-order valence-corrected chi connectivity index (χ4v) is 2.10. The number of nitrogens with zero attached hydrogens (tertiary/aromatic N) is 3. The first kappa shape index (κ1) is 10.4. The van der Waals surface area contributed by atoms with Gasteiger partial charge in [0.05, 0.1) is 0 Å². The molecule has 0 aliphatic carbocycles. The highest BCUT2D eigenvalue weighted by Crippen LogP contribution is 2.17. The summed E-state index contributed by atoms with van der Waals surface area (Å²) in [6.45, 7) is 2.28. The molecule has 1 aliphatic rings. The van der Waals surface area contributed by atoms with E-state index in [0.717, 1.165) is 37.2 Å². The lowest BCUT2D eigenvalue weighted by Gasteiger charge is -2.21. The van der Waals surface area contributed by atoms with Gasteiger partial charge in [-0.2, -0.15) is 0 Å². The van der Waals surface area contributed by atoms with Crippen molar-refractivity contribution in [3.63, 3.8) is 0 Å². The molecule has 5 nitrogen and oxygen atoms in total. The molecule has 1 aromatic heterocycles. The van der Waals surface area contributed by atoms with Crippen LogP contribution in [0.25, 0.3) is 0 Å². The van der Waals surface area contributed by atoms with Crippen LogP contribution < -0.4 is 10.6 Å². The molecule has 0 bridgehead atoms. The van der Waals surface area contributed by atoms with Gasteiger partial charge in [-0.05, 0) is 31.8 Å². The normalized spacial score (nSPS) is 18.0. The second kappa shape index (κ2) is 4.61. The molecule has 2 heterocycles. The molecule has 0 radical (unpaired) electrons. The van der Waals surface area contributed by atoms with Gasteiger partial charge >= 0.3 is 0 Å². The highest BCUT2D eigenvalue weighted by atomic mass is 15.3. The van der Waals surface area contributed by atoms with Gasteiger partial charge in [-0.1, -0.05) is 0 Å². The van der Waals surface area contributed by atoms with E-state index in [1.807, 2.05) is 18.7 Å². The van der Waals surface area contributed by atoms with Gasteiger partial charge in [-0.3, -0.25) is 0 Å². The Morgan fingerprint density at radius 3 is 2.73 bits per heavy atom. The molecule has 2 rings (SSSR count). The van der Waals surface area contributed by atoms with Crippen LogP contribution in [0.2, 0.25) is 0 Å². The number of piperidine rings is 1. The van der Waals surface area contributed by atoms with Crippen molar-refractivity contribution in [1.82, 2.24) is 20.1 Å². The zero-order chi connectivity index (χ0) is 10.7. The Hall–Kier alpha value is -1.10. The summed E-state index contributed by atoms with van der Waals surface area (Å²) in [5, 5.41) is 14.7. The van der Waals surface area contributed by atoms with E-state index in [1.165, 1.54) is 12.8 Å². The van der Waals surface area contributed by atoms with Crippen molar-refractivity contribution in [3.05, 3.63) is 5.82 Å². The third-order valence-electron chi connectivity index (χ3n) is 3.12. The Morgan fingerprint density at radius 1 is 1.40 bits per heavy atom. The summed E-state index contributed by atoms with van der Waals surface area (Å²) < 4.78 is 2.04. The van der Waals surface area contributed by atoms with Crippen molar-refractivity contribution >= 4 is 5.95 Å². The largest absolute Gasteiger partial charge is 0.357 e. The van der Waals surface area contributed by atoms with Crippen molar-refractivity contribution in [1.29, 1.82) is 0 Å². The fourth-order valence-electron chi connectivity index (χ4n) is 2.10. The van der Waals surface area contributed by atoms with Gasteiger partial charge in [0.15, 0.2) is 0 Å². The topological polar surface area (TPSA) is 54.8 Å². The highest BCUT2D eigenvalue weighted by Gasteiger charge is 2.17. The average Bonchev–Trinajstić information content (AvgIpc) is 2.62. The van der Waals surface area contributed by atoms with E-state index in [2.05, 4.69) is 20.8 Å². The Bertz CT molecular complexity index is 314. The molecule has 0 atom stereocenters. The van der Waals surface area contributed by atoms with Gasteiger partial charge in [-0.25, -0.2) is 0 Å². The summed E-state index contributed by atoms with van der Waals surface area (Å²) in [5.74, 6) is 2.70. The number of hydrogen-bond donors (Lipinski definition) is 2. The molecule has 0 amide bonds. The van der Waals surface area contributed by atoms with Crippen LogP contribution in [0.1, 0.15) is 18.7 Å². The number of rotatable bonds is 3. The van der Waals surface area contributed by atoms with E-state index < -0.39 is 0 Å². The van der Waals surface area contributed by atoms with Crippen LogP contribution in [-0.4, -0.2) is 34.9 Å². The lowest BCUT2D eigenvalue weighted by Crippen LogP contribution is -2.29. The zero-order valence-corrected chi connectivity index (χ0v) is 9.45. The molecule has 0 saturated carbocycles. The predicted molar refractivity (Wildman–Crippen MR) is 59.8 cm³/mol. The molecule has 1 fully saturated rings. The minimum Gasteiger partial charge on any atom is -0.357 e. The molecule has 2 N–H and O–H groups in total. The minimum atomic E-state index is 0.763. The lowest BCUT2D eigenvalue weighted by molar-refractivity contribution is 0.364. The molecule has 0 unspecified atom stereocenters. The van der Waals surface area contributed by atoms with E-state index >= 15 is 0 Å². The third-order valence-corrected chi connectivity index (χ3v) is 3.12. The number of nitrogens with one attached hydrogen (secondary N) is 2. The first-order valence-corrected chi connectivity index (χ1v) is 5.58. The van der Waals surface area contributed by atoms with Gasteiger partial charge in [0, 0.05) is 20.5 Å². The van der Waals surface area contributed by atoms with Crippen LogP contribution in [0.3, 0.4) is 0 Å². The van der Waals surface area contributed by atoms with Gasteiger partial charge in [0.2, 0.25) is 5.95 Å². The SMILES string of the molecule is CNc1nnc(CC2CCNCC2)n1C. The van der Waals surface area contributed by atoms with Crippen molar-refractivity contribution in [3.8, 4) is 0 Å². The molecule has 15 heavy (non-hydrogen) atoms. The smallest absolute Gasteiger partial charge is 0.224 e. The summed E-state index contributed by atoms with van der Waals surface area (Å²) in [4.78, 5) is 0. The Labute approximate surface area is 90.3 Å². The molecule has 0 aromatic carbocycles. The second-order valence-corrected chi connectivity index (χ2v) is 4.15. The standard InChI is InChI=1S/C10H19N5/c1-11-10-14-13-9(15(10)2)7-8-3-5-12-6-4-8/h8,12H,3-7H2,1-2H3,(H,11,14). The quantitative estimate of drug-likeness (QED) is 0.756. The molecule has 0 spiro atoms. The number of aromatic nitrogens is 3. The van der Waals surface area contributed by atoms with Gasteiger partial charge in [0.25, 0.3) is 0 Å². The lowest BCUT2D eigenvalue weighted by atomic mass is 9.94. The van der Waals surface area contributed by atoms with Crippen LogP contribution in [0.5, 0.6) is 0 Å². The van der Waals surface area contributed by atoms with E-state index in [1.54, 1.807) is 0 Å². The van der Waals surface area contributed by atoms with Crippen LogP contribution >= 0.6 is 0 Å². The summed E-state index contributed by atoms with van der Waals surface area (Å²) in [5.41, 5.74) is 0. The molecular formula is C10H19N5. The summed E-state index contributed by atoms with van der Waals surface area (Å²) in [7, 11) is 3.89. The average molecular weight is 209 g/mol. The van der Waals surface area contributed by atoms with Crippen molar-refractivity contribution in [2.45, 2.75) is 19.3 Å². The Balaban J connectivity index is 2.00. The van der Waals surface area contributed by atoms with Gasteiger partial charge < -0.3 is 15.2 Å². The highest BCUT2D eigenvalue weighted by molar-refractivity contribution is 5.23. The first-order valence-electron chi connectivity index (χ1n) is 5.58. The molecule has 1 saturated heterocycles. The van der Waals surface area contributed by atoms with Crippen molar-refractivity contribution in [2.24, 2.45) is 13.0 Å². The zero-order valence-electron chi connectivity index (χ0n) is 9.45. The molecule has 84 valence electrons. The maximum atomic E-state index is 4.21. The van der Waals surface area contributed by atoms with Crippen LogP contribution in [0.15, 0.2) is 0 Å². The van der Waals surface area contributed by atoms with Crippen LogP contribution in [-0.2, 0) is 13.5 Å². The van der Waals surface area contributed by atoms with Crippen LogP contribution in [0, 0.1) is 5.92 Å². The molecule has 1 aliphatic heterocycles. The summed E-state index contributed by atoms with van der Waals surface area (Å²) in [6.07, 6.45) is 3.55. The number of hydrogen-bond acceptors (Lipinski definition) is 4. The molecule has 5 heteroatoms. The summed E-state index contributed by atoms with van der Waals surface area (Å²) >= 11 is 0. The fraction of sp³-hybridized carbons (Fsp3) is 0.800. The van der Waals surface area contributed by atoms with Gasteiger partial charge in [-0.15, -0.1) is 10.2 Å². The monoisotopic (exact) mass is 209 g/mol. The summed E-state index contributed by atoms with van der Waals surface area (Å²) in [6, 6.07) is 0. The first-order chi connectivity index (χ1) is 7.31. The second-order valence-electron chi connectivity index (χ2n) is 4.15. The van der Waals surface area contributed by atoms with Gasteiger partial charge in [0.1, 0.15) is 5.82 Å². The van der Waals surface area contributed by atoms with E-state index in [0.29, 0.717) is 0 Å². The Kier molecular flexibility index (Phi) is 3.20. The minimum absolute atomic E-state index is 0.763. The molecular weight excluding hydrogens is 190 g/mol.